The first-order chi connectivity index (χ1) is 13.5. The van der Waals surface area contributed by atoms with E-state index in [1.807, 2.05) is 30.8 Å². The van der Waals surface area contributed by atoms with Gasteiger partial charge in [-0.05, 0) is 13.0 Å². The number of imidazole rings is 1. The molecule has 0 atom stereocenters. The predicted octanol–water partition coefficient (Wildman–Crippen LogP) is 4.59. The first kappa shape index (κ1) is 19.3. The third-order valence-electron chi connectivity index (χ3n) is 4.38. The monoisotopic (exact) mass is 435 g/mol. The number of fused-ring (bicyclic) bond motifs is 1. The molecule has 146 valence electrons. The molecule has 6 nitrogen and oxygen atoms in total. The van der Waals surface area contributed by atoms with Crippen molar-refractivity contribution in [3.8, 4) is 22.0 Å². The fourth-order valence-electron chi connectivity index (χ4n) is 2.86. The summed E-state index contributed by atoms with van der Waals surface area (Å²) in [6.45, 7) is 2.59. The fraction of sp³-hybridized carbons (Fsp3) is 0.278. The number of nitrogens with zero attached hydrogens (tertiary/aromatic N) is 4. The molecule has 0 unspecified atom stereocenters. The Morgan fingerprint density at radius 2 is 2.18 bits per heavy atom. The third-order valence-corrected chi connectivity index (χ3v) is 7.56. The Labute approximate surface area is 173 Å². The molecule has 0 aliphatic heterocycles. The highest BCUT2D eigenvalue weighted by atomic mass is 32.2. The maximum atomic E-state index is 13.5. The second-order valence-corrected chi connectivity index (χ2v) is 9.33. The molecule has 0 bridgehead atoms. The van der Waals surface area contributed by atoms with Crippen molar-refractivity contribution in [2.24, 2.45) is 7.05 Å². The lowest BCUT2D eigenvalue weighted by Gasteiger charge is -2.08. The average Bonchev–Trinajstić information content (AvgIpc) is 3.34. The number of nitrogens with two attached hydrogens (primary N) is 1. The van der Waals surface area contributed by atoms with Crippen LogP contribution in [-0.4, -0.2) is 39.0 Å². The number of thiophene rings is 1. The number of thioether (sulfide) groups is 1. The van der Waals surface area contributed by atoms with E-state index in [-0.39, 0.29) is 0 Å². The van der Waals surface area contributed by atoms with Crippen molar-refractivity contribution in [1.29, 1.82) is 0 Å². The van der Waals surface area contributed by atoms with Gasteiger partial charge in [0.2, 0.25) is 5.95 Å². The van der Waals surface area contributed by atoms with Crippen LogP contribution in [0.2, 0.25) is 0 Å². The largest absolute Gasteiger partial charge is 0.397 e. The third kappa shape index (κ3) is 3.41. The molecular formula is C18H18FN5OS3. The Balaban J connectivity index is 1.93. The number of nitrogen functional groups attached to an aromatic ring is 1. The minimum Gasteiger partial charge on any atom is -0.397 e. The highest BCUT2D eigenvalue weighted by Crippen LogP contribution is 2.45. The number of rotatable bonds is 6. The highest BCUT2D eigenvalue weighted by molar-refractivity contribution is 8.01. The molecule has 0 spiro atoms. The molecule has 10 heteroatoms. The normalized spacial score (nSPS) is 11.6. The van der Waals surface area contributed by atoms with Gasteiger partial charge in [0.15, 0.2) is 0 Å². The molecule has 0 fully saturated rings. The molecule has 4 rings (SSSR count). The Kier molecular flexibility index (Phi) is 5.37. The lowest BCUT2D eigenvalue weighted by atomic mass is 10.1. The molecule has 0 aromatic carbocycles. The number of anilines is 1. The molecule has 0 radical (unpaired) electrons. The van der Waals surface area contributed by atoms with E-state index in [0.717, 1.165) is 37.3 Å². The number of thiazole rings is 1. The molecule has 0 saturated heterocycles. The van der Waals surface area contributed by atoms with Crippen LogP contribution in [0.5, 0.6) is 0 Å². The molecule has 0 aliphatic carbocycles. The van der Waals surface area contributed by atoms with E-state index < -0.39 is 5.95 Å². The summed E-state index contributed by atoms with van der Waals surface area (Å²) in [5.74, 6) is 1.20. The van der Waals surface area contributed by atoms with Gasteiger partial charge in [-0.3, -0.25) is 0 Å². The topological polar surface area (TPSA) is 78.9 Å². The average molecular weight is 436 g/mol. The fourth-order valence-corrected chi connectivity index (χ4v) is 5.76. The Morgan fingerprint density at radius 3 is 2.82 bits per heavy atom. The zero-order valence-electron chi connectivity index (χ0n) is 15.5. The molecule has 28 heavy (non-hydrogen) atoms. The molecule has 2 N–H and O–H groups in total. The lowest BCUT2D eigenvalue weighted by Crippen LogP contribution is -1.97. The standard InChI is InChI=1S/C18H18FN5OS3/c1-9-21-7-12(24(9)2)10-6-11(16-23-13(19)8-27-16)22-17-14(10)15(20)18(28-17)26-5-4-25-3/h6-8H,4-5,20H2,1-3H3. The van der Waals surface area contributed by atoms with Gasteiger partial charge in [0.25, 0.3) is 0 Å². The predicted molar refractivity (Wildman–Crippen MR) is 115 cm³/mol. The van der Waals surface area contributed by atoms with Crippen molar-refractivity contribution in [1.82, 2.24) is 19.5 Å². The van der Waals surface area contributed by atoms with Crippen LogP contribution in [0.3, 0.4) is 0 Å². The maximum absolute atomic E-state index is 13.5. The van der Waals surface area contributed by atoms with E-state index in [4.69, 9.17) is 15.5 Å². The van der Waals surface area contributed by atoms with Gasteiger partial charge >= 0.3 is 0 Å². The van der Waals surface area contributed by atoms with E-state index in [0.29, 0.717) is 23.0 Å². The second kappa shape index (κ2) is 7.78. The van der Waals surface area contributed by atoms with Crippen LogP contribution < -0.4 is 5.73 Å². The maximum Gasteiger partial charge on any atom is 0.224 e. The van der Waals surface area contributed by atoms with Crippen molar-refractivity contribution in [2.45, 2.75) is 11.1 Å². The summed E-state index contributed by atoms with van der Waals surface area (Å²) in [5, 5.41) is 2.82. The molecule has 4 heterocycles. The quantitative estimate of drug-likeness (QED) is 0.353. The van der Waals surface area contributed by atoms with Gasteiger partial charge in [0.05, 0.1) is 28.4 Å². The number of ether oxygens (including phenoxy) is 1. The van der Waals surface area contributed by atoms with Gasteiger partial charge in [-0.2, -0.15) is 4.39 Å². The van der Waals surface area contributed by atoms with Crippen molar-refractivity contribution in [3.63, 3.8) is 0 Å². The van der Waals surface area contributed by atoms with E-state index in [9.17, 15) is 4.39 Å². The number of pyridine rings is 1. The highest BCUT2D eigenvalue weighted by Gasteiger charge is 2.21. The van der Waals surface area contributed by atoms with Crippen LogP contribution in [-0.2, 0) is 11.8 Å². The number of hydrogen-bond donors (Lipinski definition) is 1. The van der Waals surface area contributed by atoms with Crippen LogP contribution >= 0.6 is 34.4 Å². The summed E-state index contributed by atoms with van der Waals surface area (Å²) >= 11 is 4.42. The Bertz CT molecular complexity index is 1150. The Morgan fingerprint density at radius 1 is 1.36 bits per heavy atom. The van der Waals surface area contributed by atoms with Crippen molar-refractivity contribution in [3.05, 3.63) is 29.4 Å². The molecule has 0 aliphatic rings. The summed E-state index contributed by atoms with van der Waals surface area (Å²) < 4.78 is 21.6. The molecule has 0 saturated carbocycles. The lowest BCUT2D eigenvalue weighted by molar-refractivity contribution is 0.218. The van der Waals surface area contributed by atoms with Gasteiger partial charge in [-0.1, -0.05) is 0 Å². The first-order valence-corrected chi connectivity index (χ1v) is 11.1. The van der Waals surface area contributed by atoms with Crippen LogP contribution in [0, 0.1) is 12.9 Å². The summed E-state index contributed by atoms with van der Waals surface area (Å²) in [4.78, 5) is 13.9. The summed E-state index contributed by atoms with van der Waals surface area (Å²) in [6, 6.07) is 1.92. The van der Waals surface area contributed by atoms with Gasteiger partial charge < -0.3 is 15.0 Å². The molecule has 0 amide bonds. The van der Waals surface area contributed by atoms with Crippen LogP contribution in [0.25, 0.3) is 32.2 Å². The number of aromatic nitrogens is 4. The number of hydrogen-bond acceptors (Lipinski definition) is 8. The minimum atomic E-state index is -0.499. The van der Waals surface area contributed by atoms with Crippen molar-refractivity contribution >= 4 is 50.3 Å². The van der Waals surface area contributed by atoms with E-state index in [2.05, 4.69) is 9.97 Å². The first-order valence-electron chi connectivity index (χ1n) is 8.44. The zero-order chi connectivity index (χ0) is 19.8. The molecule has 4 aromatic rings. The van der Waals surface area contributed by atoms with Crippen molar-refractivity contribution < 1.29 is 9.13 Å². The van der Waals surface area contributed by atoms with E-state index >= 15 is 0 Å². The van der Waals surface area contributed by atoms with Crippen molar-refractivity contribution in [2.75, 3.05) is 25.2 Å². The van der Waals surface area contributed by atoms with Gasteiger partial charge in [0, 0.05) is 36.2 Å². The van der Waals surface area contributed by atoms with Gasteiger partial charge in [0.1, 0.15) is 21.4 Å². The Hall–Kier alpha value is -2.01. The number of halogens is 1. The van der Waals surface area contributed by atoms with E-state index in [1.54, 1.807) is 18.9 Å². The van der Waals surface area contributed by atoms with E-state index in [1.165, 1.54) is 28.1 Å². The van der Waals surface area contributed by atoms with Crippen LogP contribution in [0.15, 0.2) is 21.9 Å². The minimum absolute atomic E-state index is 0.499. The SMILES string of the molecule is COCCSc1sc2nc(-c3nc(F)cs3)cc(-c3cnc(C)n3C)c2c1N. The van der Waals surface area contributed by atoms with Gasteiger partial charge in [-0.25, -0.2) is 15.0 Å². The molecule has 4 aromatic heterocycles. The van der Waals surface area contributed by atoms with Crippen LogP contribution in [0.4, 0.5) is 10.1 Å². The summed E-state index contributed by atoms with van der Waals surface area (Å²) in [5.41, 5.74) is 9.71. The van der Waals surface area contributed by atoms with Crippen LogP contribution in [0.1, 0.15) is 5.82 Å². The number of methoxy groups -OCH3 is 1. The zero-order valence-corrected chi connectivity index (χ0v) is 18.0. The van der Waals surface area contributed by atoms with Gasteiger partial charge in [-0.15, -0.1) is 34.4 Å². The summed E-state index contributed by atoms with van der Waals surface area (Å²) in [6.07, 6.45) is 1.82. The smallest absolute Gasteiger partial charge is 0.224 e. The molecular weight excluding hydrogens is 417 g/mol. The summed E-state index contributed by atoms with van der Waals surface area (Å²) in [7, 11) is 3.64. The number of aryl methyl sites for hydroxylation is 1. The second-order valence-electron chi connectivity index (χ2n) is 6.10.